The van der Waals surface area contributed by atoms with Gasteiger partial charge in [-0.15, -0.1) is 0 Å². The Labute approximate surface area is 150 Å². The highest BCUT2D eigenvalue weighted by Gasteiger charge is 2.31. The molecule has 1 aromatic heterocycles. The number of aromatic nitrogens is 2. The molecule has 0 saturated heterocycles. The lowest BCUT2D eigenvalue weighted by molar-refractivity contribution is -0.137. The number of nitrogens with zero attached hydrogens (tertiary/aromatic N) is 2. The van der Waals surface area contributed by atoms with Crippen LogP contribution in [0.2, 0.25) is 5.02 Å². The molecule has 0 aliphatic carbocycles. The van der Waals surface area contributed by atoms with Crippen molar-refractivity contribution in [2.45, 2.75) is 6.18 Å². The van der Waals surface area contributed by atoms with Gasteiger partial charge in [0.25, 0.3) is 11.5 Å². The molecule has 3 rings (SSSR count). The molecule has 0 aliphatic heterocycles. The minimum absolute atomic E-state index is 0.0551. The van der Waals surface area contributed by atoms with Gasteiger partial charge in [-0.3, -0.25) is 9.59 Å². The molecule has 0 atom stereocenters. The van der Waals surface area contributed by atoms with Crippen LogP contribution in [-0.4, -0.2) is 15.7 Å². The van der Waals surface area contributed by atoms with E-state index in [0.29, 0.717) is 0 Å². The van der Waals surface area contributed by atoms with Crippen molar-refractivity contribution in [3.05, 3.63) is 69.1 Å². The van der Waals surface area contributed by atoms with Gasteiger partial charge in [-0.1, -0.05) is 29.8 Å². The molecule has 1 amide bonds. The van der Waals surface area contributed by atoms with E-state index in [0.717, 1.165) is 22.9 Å². The van der Waals surface area contributed by atoms with Gasteiger partial charge in [0.2, 0.25) is 0 Å². The maximum Gasteiger partial charge on any atom is 0.416 e. The summed E-state index contributed by atoms with van der Waals surface area (Å²) in [6.45, 7) is 0. The van der Waals surface area contributed by atoms with Gasteiger partial charge in [-0.25, -0.2) is 4.68 Å². The first-order valence-corrected chi connectivity index (χ1v) is 7.70. The molecule has 1 heterocycles. The van der Waals surface area contributed by atoms with Crippen molar-refractivity contribution in [1.82, 2.24) is 9.78 Å². The van der Waals surface area contributed by atoms with Gasteiger partial charge in [-0.05, 0) is 24.3 Å². The van der Waals surface area contributed by atoms with Crippen LogP contribution in [0, 0.1) is 0 Å². The molecule has 5 nitrogen and oxygen atoms in total. The second kappa shape index (κ2) is 6.45. The van der Waals surface area contributed by atoms with Crippen molar-refractivity contribution in [1.29, 1.82) is 0 Å². The molecule has 0 saturated carbocycles. The number of hydrogen-bond donors (Lipinski definition) is 1. The van der Waals surface area contributed by atoms with Crippen LogP contribution in [0.25, 0.3) is 10.8 Å². The van der Waals surface area contributed by atoms with E-state index in [4.69, 9.17) is 11.6 Å². The second-order valence-corrected chi connectivity index (χ2v) is 5.88. The van der Waals surface area contributed by atoms with Crippen LogP contribution in [0.5, 0.6) is 0 Å². The minimum atomic E-state index is -4.58. The number of halogens is 4. The van der Waals surface area contributed by atoms with Crippen molar-refractivity contribution in [2.75, 3.05) is 5.32 Å². The van der Waals surface area contributed by atoms with Gasteiger partial charge >= 0.3 is 6.18 Å². The quantitative estimate of drug-likeness (QED) is 0.733. The molecule has 26 heavy (non-hydrogen) atoms. The van der Waals surface area contributed by atoms with Crippen LogP contribution >= 0.6 is 11.6 Å². The predicted octanol–water partition coefficient (Wildman–Crippen LogP) is 3.86. The smallest absolute Gasteiger partial charge is 0.319 e. The highest BCUT2D eigenvalue weighted by atomic mass is 35.5. The topological polar surface area (TPSA) is 64.0 Å². The Morgan fingerprint density at radius 2 is 1.81 bits per heavy atom. The van der Waals surface area contributed by atoms with Crippen LogP contribution in [0.3, 0.4) is 0 Å². The Morgan fingerprint density at radius 1 is 1.15 bits per heavy atom. The molecular formula is C17H11ClF3N3O2. The number of alkyl halides is 3. The number of benzene rings is 2. The SMILES string of the molecule is Cn1nc(C(=O)Nc2cc(C(F)(F)F)ccc2Cl)c2ccccc2c1=O. The Hall–Kier alpha value is -2.87. The zero-order valence-corrected chi connectivity index (χ0v) is 14.0. The number of hydrogen-bond acceptors (Lipinski definition) is 3. The summed E-state index contributed by atoms with van der Waals surface area (Å²) in [6.07, 6.45) is -4.58. The lowest BCUT2D eigenvalue weighted by Crippen LogP contribution is -2.25. The molecule has 134 valence electrons. The Kier molecular flexibility index (Phi) is 4.45. The monoisotopic (exact) mass is 381 g/mol. The average Bonchev–Trinajstić information content (AvgIpc) is 2.59. The van der Waals surface area contributed by atoms with Crippen molar-refractivity contribution in [2.24, 2.45) is 7.05 Å². The number of carbonyl (C=O) groups is 1. The van der Waals surface area contributed by atoms with Gasteiger partial charge in [0.15, 0.2) is 5.69 Å². The summed E-state index contributed by atoms with van der Waals surface area (Å²) in [7, 11) is 1.38. The highest BCUT2D eigenvalue weighted by Crippen LogP contribution is 2.34. The number of nitrogens with one attached hydrogen (secondary N) is 1. The fourth-order valence-corrected chi connectivity index (χ4v) is 2.61. The van der Waals surface area contributed by atoms with Gasteiger partial charge in [0.1, 0.15) is 0 Å². The molecule has 1 N–H and O–H groups in total. The molecule has 0 aliphatic rings. The van der Waals surface area contributed by atoms with Crippen molar-refractivity contribution < 1.29 is 18.0 Å². The third-order valence-electron chi connectivity index (χ3n) is 3.71. The number of aryl methyl sites for hydroxylation is 1. The average molecular weight is 382 g/mol. The van der Waals surface area contributed by atoms with Gasteiger partial charge in [0, 0.05) is 12.4 Å². The Morgan fingerprint density at radius 3 is 2.46 bits per heavy atom. The van der Waals surface area contributed by atoms with E-state index < -0.39 is 23.2 Å². The van der Waals surface area contributed by atoms with Crippen molar-refractivity contribution >= 4 is 34.0 Å². The molecule has 0 bridgehead atoms. The third-order valence-corrected chi connectivity index (χ3v) is 4.04. The Bertz CT molecular complexity index is 1080. The maximum atomic E-state index is 12.9. The summed E-state index contributed by atoms with van der Waals surface area (Å²) in [5.41, 5.74) is -1.65. The lowest BCUT2D eigenvalue weighted by atomic mass is 10.1. The fourth-order valence-electron chi connectivity index (χ4n) is 2.45. The van der Waals surface area contributed by atoms with Gasteiger partial charge < -0.3 is 5.32 Å². The van der Waals surface area contributed by atoms with Gasteiger partial charge in [0.05, 0.1) is 21.7 Å². The lowest BCUT2D eigenvalue weighted by Gasteiger charge is -2.12. The first-order valence-electron chi connectivity index (χ1n) is 7.32. The summed E-state index contributed by atoms with van der Waals surface area (Å²) < 4.78 is 39.6. The standard InChI is InChI=1S/C17H11ClF3N3O2/c1-24-16(26)11-5-3-2-4-10(11)14(23-24)15(25)22-13-8-9(17(19,20)21)6-7-12(13)18/h2-8H,1H3,(H,22,25). The molecule has 0 unspecified atom stereocenters. The largest absolute Gasteiger partial charge is 0.416 e. The van der Waals surface area contributed by atoms with E-state index in [1.165, 1.54) is 19.2 Å². The van der Waals surface area contributed by atoms with E-state index >= 15 is 0 Å². The molecule has 3 aromatic rings. The maximum absolute atomic E-state index is 12.9. The van der Waals surface area contributed by atoms with Crippen LogP contribution in [-0.2, 0) is 13.2 Å². The second-order valence-electron chi connectivity index (χ2n) is 5.47. The molecule has 9 heteroatoms. The number of fused-ring (bicyclic) bond motifs is 1. The molecular weight excluding hydrogens is 371 g/mol. The Balaban J connectivity index is 2.06. The van der Waals surface area contributed by atoms with Crippen molar-refractivity contribution in [3.8, 4) is 0 Å². The van der Waals surface area contributed by atoms with E-state index in [-0.39, 0.29) is 27.2 Å². The molecule has 0 spiro atoms. The van der Waals surface area contributed by atoms with E-state index in [2.05, 4.69) is 10.4 Å². The molecule has 2 aromatic carbocycles. The predicted molar refractivity (Wildman–Crippen MR) is 91.4 cm³/mol. The fraction of sp³-hybridized carbons (Fsp3) is 0.118. The summed E-state index contributed by atoms with van der Waals surface area (Å²) >= 11 is 5.89. The summed E-state index contributed by atoms with van der Waals surface area (Å²) in [4.78, 5) is 24.7. The van der Waals surface area contributed by atoms with E-state index in [1.807, 2.05) is 0 Å². The normalized spacial score (nSPS) is 11.6. The van der Waals surface area contributed by atoms with Crippen LogP contribution in [0.4, 0.5) is 18.9 Å². The zero-order valence-electron chi connectivity index (χ0n) is 13.3. The first-order chi connectivity index (χ1) is 12.2. The zero-order chi connectivity index (χ0) is 19.1. The molecule has 0 fully saturated rings. The van der Waals surface area contributed by atoms with E-state index in [9.17, 15) is 22.8 Å². The summed E-state index contributed by atoms with van der Waals surface area (Å²) in [6, 6.07) is 8.93. The minimum Gasteiger partial charge on any atom is -0.319 e. The van der Waals surface area contributed by atoms with E-state index in [1.54, 1.807) is 12.1 Å². The number of anilines is 1. The molecule has 0 radical (unpaired) electrons. The highest BCUT2D eigenvalue weighted by molar-refractivity contribution is 6.34. The van der Waals surface area contributed by atoms with Crippen LogP contribution in [0.1, 0.15) is 16.1 Å². The number of carbonyl (C=O) groups excluding carboxylic acids is 1. The van der Waals surface area contributed by atoms with Gasteiger partial charge in [-0.2, -0.15) is 18.3 Å². The van der Waals surface area contributed by atoms with Crippen LogP contribution < -0.4 is 10.9 Å². The van der Waals surface area contributed by atoms with Crippen LogP contribution in [0.15, 0.2) is 47.3 Å². The summed E-state index contributed by atoms with van der Waals surface area (Å²) in [5, 5.41) is 6.76. The van der Waals surface area contributed by atoms with Crippen molar-refractivity contribution in [3.63, 3.8) is 0 Å². The number of rotatable bonds is 2. The third kappa shape index (κ3) is 3.28. The number of amides is 1. The summed E-state index contributed by atoms with van der Waals surface area (Å²) in [5.74, 6) is -0.780. The first kappa shape index (κ1) is 17.9.